The summed E-state index contributed by atoms with van der Waals surface area (Å²) in [5, 5.41) is 0. The van der Waals surface area contributed by atoms with E-state index in [0.717, 1.165) is 12.1 Å². The Morgan fingerprint density at radius 1 is 1.22 bits per heavy atom. The minimum atomic E-state index is -0.889. The first kappa shape index (κ1) is 12.6. The average Bonchev–Trinajstić information content (AvgIpc) is 2.41. The number of nitrogens with two attached hydrogens (primary N) is 1. The van der Waals surface area contributed by atoms with Gasteiger partial charge in [0.05, 0.1) is 5.69 Å². The minimum absolute atomic E-state index is 0.0234. The van der Waals surface area contributed by atoms with Gasteiger partial charge in [-0.05, 0) is 24.3 Å². The third kappa shape index (κ3) is 2.51. The van der Waals surface area contributed by atoms with Crippen molar-refractivity contribution in [2.75, 3.05) is 6.54 Å². The van der Waals surface area contributed by atoms with Crippen molar-refractivity contribution < 1.29 is 8.78 Å². The van der Waals surface area contributed by atoms with Crippen LogP contribution in [0, 0.1) is 11.6 Å². The van der Waals surface area contributed by atoms with E-state index in [1.54, 1.807) is 12.3 Å². The van der Waals surface area contributed by atoms with E-state index in [2.05, 4.69) is 9.97 Å². The Kier molecular flexibility index (Phi) is 3.62. The van der Waals surface area contributed by atoms with Gasteiger partial charge in [-0.3, -0.25) is 0 Å². The summed E-state index contributed by atoms with van der Waals surface area (Å²) in [6, 6.07) is 5.34. The maximum absolute atomic E-state index is 13.2. The normalized spacial score (nSPS) is 12.4. The van der Waals surface area contributed by atoms with E-state index >= 15 is 0 Å². The highest BCUT2D eigenvalue weighted by Gasteiger charge is 2.10. The number of rotatable bonds is 3. The molecule has 0 aliphatic rings. The van der Waals surface area contributed by atoms with Crippen molar-refractivity contribution in [1.29, 1.82) is 0 Å². The number of hydrogen-bond acceptors (Lipinski definition) is 3. The lowest BCUT2D eigenvalue weighted by molar-refractivity contribution is 0.509. The van der Waals surface area contributed by atoms with Crippen molar-refractivity contribution in [1.82, 2.24) is 9.97 Å². The predicted octanol–water partition coefficient (Wildman–Crippen LogP) is 2.48. The Hall–Kier alpha value is -1.88. The quantitative estimate of drug-likeness (QED) is 0.909. The van der Waals surface area contributed by atoms with Gasteiger partial charge in [-0.2, -0.15) is 0 Å². The van der Waals surface area contributed by atoms with Crippen LogP contribution in [-0.4, -0.2) is 16.5 Å². The molecule has 0 saturated heterocycles. The molecule has 18 heavy (non-hydrogen) atoms. The Morgan fingerprint density at radius 3 is 2.67 bits per heavy atom. The van der Waals surface area contributed by atoms with Gasteiger partial charge in [-0.25, -0.2) is 18.7 Å². The standard InChI is InChI=1S/C13H13F2N3/c1-8(7-16)13-17-5-4-12(18-13)9-2-3-10(14)11(15)6-9/h2-6,8H,7,16H2,1H3. The molecule has 2 rings (SSSR count). The SMILES string of the molecule is CC(CN)c1nccc(-c2ccc(F)c(F)c2)n1. The topological polar surface area (TPSA) is 51.8 Å². The molecule has 0 radical (unpaired) electrons. The molecule has 3 nitrogen and oxygen atoms in total. The molecule has 1 aromatic heterocycles. The summed E-state index contributed by atoms with van der Waals surface area (Å²) in [6.07, 6.45) is 1.59. The van der Waals surface area contributed by atoms with Crippen LogP contribution in [0.25, 0.3) is 11.3 Å². The number of benzene rings is 1. The summed E-state index contributed by atoms with van der Waals surface area (Å²) in [7, 11) is 0. The zero-order valence-corrected chi connectivity index (χ0v) is 9.90. The van der Waals surface area contributed by atoms with Crippen LogP contribution in [0.3, 0.4) is 0 Å². The first-order chi connectivity index (χ1) is 8.61. The molecule has 1 heterocycles. The van der Waals surface area contributed by atoms with Crippen LogP contribution in [0.4, 0.5) is 8.78 Å². The van der Waals surface area contributed by atoms with Gasteiger partial charge in [-0.15, -0.1) is 0 Å². The number of aromatic nitrogens is 2. The fourth-order valence-electron chi connectivity index (χ4n) is 1.53. The van der Waals surface area contributed by atoms with Crippen molar-refractivity contribution in [2.45, 2.75) is 12.8 Å². The largest absolute Gasteiger partial charge is 0.330 e. The first-order valence-corrected chi connectivity index (χ1v) is 5.60. The van der Waals surface area contributed by atoms with E-state index in [-0.39, 0.29) is 5.92 Å². The van der Waals surface area contributed by atoms with Crippen LogP contribution in [-0.2, 0) is 0 Å². The molecule has 2 N–H and O–H groups in total. The second-order valence-corrected chi connectivity index (χ2v) is 4.07. The molecule has 0 spiro atoms. The number of nitrogens with zero attached hydrogens (tertiary/aromatic N) is 2. The van der Waals surface area contributed by atoms with Crippen LogP contribution in [0.15, 0.2) is 30.5 Å². The third-order valence-corrected chi connectivity index (χ3v) is 2.68. The van der Waals surface area contributed by atoms with Crippen molar-refractivity contribution in [3.8, 4) is 11.3 Å². The Balaban J connectivity index is 2.41. The van der Waals surface area contributed by atoms with E-state index < -0.39 is 11.6 Å². The molecule has 0 amide bonds. The highest BCUT2D eigenvalue weighted by Crippen LogP contribution is 2.20. The molecule has 0 fully saturated rings. The van der Waals surface area contributed by atoms with Crippen LogP contribution < -0.4 is 5.73 Å². The van der Waals surface area contributed by atoms with E-state index in [9.17, 15) is 8.78 Å². The van der Waals surface area contributed by atoms with Crippen LogP contribution in [0.1, 0.15) is 18.7 Å². The summed E-state index contributed by atoms with van der Waals surface area (Å²) >= 11 is 0. The van der Waals surface area contributed by atoms with E-state index in [1.165, 1.54) is 6.07 Å². The Bertz CT molecular complexity index is 558. The van der Waals surface area contributed by atoms with Gasteiger partial charge >= 0.3 is 0 Å². The summed E-state index contributed by atoms with van der Waals surface area (Å²) in [5.74, 6) is -1.14. The molecule has 0 saturated carbocycles. The van der Waals surface area contributed by atoms with Crippen LogP contribution >= 0.6 is 0 Å². The predicted molar refractivity (Wildman–Crippen MR) is 64.9 cm³/mol. The summed E-state index contributed by atoms with van der Waals surface area (Å²) < 4.78 is 26.0. The number of halogens is 2. The summed E-state index contributed by atoms with van der Waals surface area (Å²) in [5.41, 5.74) is 6.62. The molecular weight excluding hydrogens is 236 g/mol. The molecular formula is C13H13F2N3. The van der Waals surface area contributed by atoms with Crippen molar-refractivity contribution >= 4 is 0 Å². The van der Waals surface area contributed by atoms with Crippen molar-refractivity contribution in [3.63, 3.8) is 0 Å². The third-order valence-electron chi connectivity index (χ3n) is 2.68. The second-order valence-electron chi connectivity index (χ2n) is 4.07. The zero-order valence-electron chi connectivity index (χ0n) is 9.90. The fraction of sp³-hybridized carbons (Fsp3) is 0.231. The monoisotopic (exact) mass is 249 g/mol. The van der Waals surface area contributed by atoms with Crippen molar-refractivity contribution in [2.24, 2.45) is 5.73 Å². The molecule has 94 valence electrons. The maximum Gasteiger partial charge on any atom is 0.159 e. The van der Waals surface area contributed by atoms with Gasteiger partial charge in [0.25, 0.3) is 0 Å². The smallest absolute Gasteiger partial charge is 0.159 e. The van der Waals surface area contributed by atoms with E-state index in [4.69, 9.17) is 5.73 Å². The van der Waals surface area contributed by atoms with Crippen molar-refractivity contribution in [3.05, 3.63) is 47.9 Å². The molecule has 0 aliphatic carbocycles. The van der Waals surface area contributed by atoms with Crippen LogP contribution in [0.2, 0.25) is 0 Å². The lowest BCUT2D eigenvalue weighted by atomic mass is 10.1. The minimum Gasteiger partial charge on any atom is -0.330 e. The molecule has 0 bridgehead atoms. The highest BCUT2D eigenvalue weighted by molar-refractivity contribution is 5.58. The second kappa shape index (κ2) is 5.18. The zero-order chi connectivity index (χ0) is 13.1. The van der Waals surface area contributed by atoms with Gasteiger partial charge in [0.15, 0.2) is 11.6 Å². The first-order valence-electron chi connectivity index (χ1n) is 5.60. The van der Waals surface area contributed by atoms with Gasteiger partial charge in [-0.1, -0.05) is 6.92 Å². The lowest BCUT2D eigenvalue weighted by Gasteiger charge is -2.08. The van der Waals surface area contributed by atoms with Gasteiger partial charge in [0, 0.05) is 24.2 Å². The molecule has 5 heteroatoms. The van der Waals surface area contributed by atoms with E-state index in [0.29, 0.717) is 23.6 Å². The Morgan fingerprint density at radius 2 is 2.00 bits per heavy atom. The average molecular weight is 249 g/mol. The number of hydrogen-bond donors (Lipinski definition) is 1. The van der Waals surface area contributed by atoms with Gasteiger partial charge < -0.3 is 5.73 Å². The van der Waals surface area contributed by atoms with Gasteiger partial charge in [0.1, 0.15) is 5.82 Å². The van der Waals surface area contributed by atoms with Crippen LogP contribution in [0.5, 0.6) is 0 Å². The maximum atomic E-state index is 13.2. The summed E-state index contributed by atoms with van der Waals surface area (Å²) in [6.45, 7) is 2.34. The van der Waals surface area contributed by atoms with Gasteiger partial charge in [0.2, 0.25) is 0 Å². The fourth-order valence-corrected chi connectivity index (χ4v) is 1.53. The van der Waals surface area contributed by atoms with E-state index in [1.807, 2.05) is 6.92 Å². The Labute approximate surface area is 104 Å². The summed E-state index contributed by atoms with van der Waals surface area (Å²) in [4.78, 5) is 8.42. The molecule has 1 unspecified atom stereocenters. The highest BCUT2D eigenvalue weighted by atomic mass is 19.2. The molecule has 2 aromatic rings. The lowest BCUT2D eigenvalue weighted by Crippen LogP contribution is -2.12. The molecule has 1 aromatic carbocycles. The molecule has 0 aliphatic heterocycles. The molecule has 1 atom stereocenters.